The van der Waals surface area contributed by atoms with Crippen LogP contribution in [0, 0.1) is 13.8 Å². The predicted octanol–water partition coefficient (Wildman–Crippen LogP) is 3.23. The first-order valence-electron chi connectivity index (χ1n) is 8.49. The highest BCUT2D eigenvalue weighted by Gasteiger charge is 2.44. The number of carbonyl (C=O) groups excluding carboxylic acids is 2. The van der Waals surface area contributed by atoms with Gasteiger partial charge in [-0.1, -0.05) is 22.0 Å². The second kappa shape index (κ2) is 8.32. The van der Waals surface area contributed by atoms with Gasteiger partial charge in [0.2, 0.25) is 5.91 Å². The van der Waals surface area contributed by atoms with Gasteiger partial charge in [0.1, 0.15) is 5.54 Å². The molecular weight excluding hydrogens is 386 g/mol. The van der Waals surface area contributed by atoms with E-state index in [1.54, 1.807) is 7.11 Å². The second-order valence-corrected chi connectivity index (χ2v) is 7.56. The Labute approximate surface area is 157 Å². The van der Waals surface area contributed by atoms with E-state index in [0.717, 1.165) is 34.0 Å². The van der Waals surface area contributed by atoms with Crippen LogP contribution in [0.1, 0.15) is 42.4 Å². The van der Waals surface area contributed by atoms with Crippen LogP contribution in [0.4, 0.5) is 0 Å². The summed E-state index contributed by atoms with van der Waals surface area (Å²) in [5.41, 5.74) is 2.14. The van der Waals surface area contributed by atoms with Crippen molar-refractivity contribution in [3.8, 4) is 0 Å². The smallest absolute Gasteiger partial charge is 0.331 e. The molecule has 138 valence electrons. The van der Waals surface area contributed by atoms with E-state index in [-0.39, 0.29) is 24.4 Å². The fourth-order valence-corrected chi connectivity index (χ4v) is 3.87. The summed E-state index contributed by atoms with van der Waals surface area (Å²) in [5, 5.41) is 2.97. The highest BCUT2D eigenvalue weighted by molar-refractivity contribution is 9.10. The molecule has 25 heavy (non-hydrogen) atoms. The molecule has 0 aromatic heterocycles. The summed E-state index contributed by atoms with van der Waals surface area (Å²) in [6.07, 6.45) is 2.87. The van der Waals surface area contributed by atoms with E-state index in [2.05, 4.69) is 21.2 Å². The predicted molar refractivity (Wildman–Crippen MR) is 99.5 cm³/mol. The summed E-state index contributed by atoms with van der Waals surface area (Å²) in [6.45, 7) is 3.97. The zero-order valence-corrected chi connectivity index (χ0v) is 16.9. The summed E-state index contributed by atoms with van der Waals surface area (Å²) in [6, 6.07) is 3.97. The van der Waals surface area contributed by atoms with Crippen molar-refractivity contribution in [1.29, 1.82) is 0 Å². The maximum atomic E-state index is 12.7. The van der Waals surface area contributed by atoms with Gasteiger partial charge in [0.05, 0.1) is 19.6 Å². The highest BCUT2D eigenvalue weighted by atomic mass is 79.9. The molecule has 0 unspecified atom stereocenters. The molecule has 0 radical (unpaired) electrons. The number of hydrogen-bond donors (Lipinski definition) is 1. The molecule has 0 aliphatic heterocycles. The molecule has 1 aromatic carbocycles. The van der Waals surface area contributed by atoms with Crippen LogP contribution in [0.3, 0.4) is 0 Å². The molecule has 0 bridgehead atoms. The van der Waals surface area contributed by atoms with E-state index >= 15 is 0 Å². The lowest BCUT2D eigenvalue weighted by molar-refractivity contribution is -0.153. The average Bonchev–Trinajstić information content (AvgIpc) is 2.61. The standard InChI is InChI=1S/C19H26BrNO4/c1-12-5-6-16(20)13(2)15(12)11-17(22)21-19(18(23)25-4)9-7-14(24-3)8-10-19/h5-6,14H,7-11H2,1-4H3,(H,21,22). The minimum absolute atomic E-state index is 0.129. The van der Waals surface area contributed by atoms with Gasteiger partial charge in [0, 0.05) is 11.6 Å². The minimum atomic E-state index is -0.950. The van der Waals surface area contributed by atoms with Gasteiger partial charge in [0.15, 0.2) is 0 Å². The molecule has 0 atom stereocenters. The van der Waals surface area contributed by atoms with Crippen LogP contribution in [0.15, 0.2) is 16.6 Å². The van der Waals surface area contributed by atoms with Crippen LogP contribution < -0.4 is 5.32 Å². The number of hydrogen-bond acceptors (Lipinski definition) is 4. The van der Waals surface area contributed by atoms with Gasteiger partial charge in [0.25, 0.3) is 0 Å². The summed E-state index contributed by atoms with van der Waals surface area (Å²) in [4.78, 5) is 25.1. The summed E-state index contributed by atoms with van der Waals surface area (Å²) < 4.78 is 11.3. The van der Waals surface area contributed by atoms with Crippen molar-refractivity contribution in [1.82, 2.24) is 5.32 Å². The normalized spacial score (nSPS) is 23.2. The van der Waals surface area contributed by atoms with Gasteiger partial charge < -0.3 is 14.8 Å². The molecule has 0 heterocycles. The minimum Gasteiger partial charge on any atom is -0.467 e. The number of rotatable bonds is 5. The van der Waals surface area contributed by atoms with Crippen molar-refractivity contribution in [2.75, 3.05) is 14.2 Å². The van der Waals surface area contributed by atoms with Crippen molar-refractivity contribution in [2.24, 2.45) is 0 Å². The van der Waals surface area contributed by atoms with Crippen LogP contribution in [0.5, 0.6) is 0 Å². The lowest BCUT2D eigenvalue weighted by Gasteiger charge is -2.38. The molecule has 2 rings (SSSR count). The maximum Gasteiger partial charge on any atom is 0.331 e. The van der Waals surface area contributed by atoms with E-state index < -0.39 is 5.54 Å². The molecule has 6 heteroatoms. The molecule has 0 saturated heterocycles. The number of amides is 1. The number of benzene rings is 1. The van der Waals surface area contributed by atoms with Crippen molar-refractivity contribution >= 4 is 27.8 Å². The van der Waals surface area contributed by atoms with E-state index in [4.69, 9.17) is 9.47 Å². The van der Waals surface area contributed by atoms with Gasteiger partial charge >= 0.3 is 5.97 Å². The van der Waals surface area contributed by atoms with Crippen LogP contribution in [-0.2, 0) is 25.5 Å². The monoisotopic (exact) mass is 411 g/mol. The van der Waals surface area contributed by atoms with E-state index in [0.29, 0.717) is 12.8 Å². The molecule has 0 spiro atoms. The van der Waals surface area contributed by atoms with E-state index in [1.807, 2.05) is 26.0 Å². The number of halogens is 1. The van der Waals surface area contributed by atoms with Crippen LogP contribution >= 0.6 is 15.9 Å². The van der Waals surface area contributed by atoms with Gasteiger partial charge in [-0.15, -0.1) is 0 Å². The van der Waals surface area contributed by atoms with E-state index in [9.17, 15) is 9.59 Å². The SMILES string of the molecule is COC(=O)C1(NC(=O)Cc2c(C)ccc(Br)c2C)CCC(OC)CC1. The Morgan fingerprint density at radius 3 is 2.44 bits per heavy atom. The number of carbonyl (C=O) groups is 2. The molecule has 1 amide bonds. The quantitative estimate of drug-likeness (QED) is 0.755. The third-order valence-corrected chi connectivity index (χ3v) is 6.04. The Hall–Kier alpha value is -1.40. The molecule has 1 aliphatic rings. The zero-order valence-electron chi connectivity index (χ0n) is 15.3. The van der Waals surface area contributed by atoms with Crippen LogP contribution in [0.2, 0.25) is 0 Å². The Balaban J connectivity index is 2.16. The Morgan fingerprint density at radius 2 is 1.88 bits per heavy atom. The summed E-state index contributed by atoms with van der Waals surface area (Å²) >= 11 is 3.51. The zero-order chi connectivity index (χ0) is 18.6. The largest absolute Gasteiger partial charge is 0.467 e. The highest BCUT2D eigenvalue weighted by Crippen LogP contribution is 2.31. The van der Waals surface area contributed by atoms with Gasteiger partial charge in [-0.3, -0.25) is 4.79 Å². The number of nitrogens with one attached hydrogen (secondary N) is 1. The fourth-order valence-electron chi connectivity index (χ4n) is 3.50. The van der Waals surface area contributed by atoms with Crippen LogP contribution in [0.25, 0.3) is 0 Å². The fraction of sp³-hybridized carbons (Fsp3) is 0.579. The molecule has 1 fully saturated rings. The van der Waals surface area contributed by atoms with Crippen molar-refractivity contribution in [3.05, 3.63) is 33.3 Å². The maximum absolute atomic E-state index is 12.7. The van der Waals surface area contributed by atoms with Gasteiger partial charge in [-0.2, -0.15) is 0 Å². The third-order valence-electron chi connectivity index (χ3n) is 5.18. The first kappa shape index (κ1) is 19.9. The molecular formula is C19H26BrNO4. The first-order valence-corrected chi connectivity index (χ1v) is 9.29. The lowest BCUT2D eigenvalue weighted by Crippen LogP contribution is -2.57. The van der Waals surface area contributed by atoms with Gasteiger partial charge in [-0.05, 0) is 62.3 Å². The molecule has 1 aliphatic carbocycles. The van der Waals surface area contributed by atoms with Crippen molar-refractivity contribution < 1.29 is 19.1 Å². The van der Waals surface area contributed by atoms with E-state index in [1.165, 1.54) is 7.11 Å². The Morgan fingerprint density at radius 1 is 1.24 bits per heavy atom. The number of aryl methyl sites for hydroxylation is 1. The molecule has 5 nitrogen and oxygen atoms in total. The Bertz CT molecular complexity index is 651. The average molecular weight is 412 g/mol. The molecule has 1 N–H and O–H groups in total. The van der Waals surface area contributed by atoms with Crippen molar-refractivity contribution in [3.63, 3.8) is 0 Å². The topological polar surface area (TPSA) is 64.6 Å². The molecule has 1 aromatic rings. The summed E-state index contributed by atoms with van der Waals surface area (Å²) in [7, 11) is 3.04. The number of ether oxygens (including phenoxy) is 2. The lowest BCUT2D eigenvalue weighted by atomic mass is 9.80. The second-order valence-electron chi connectivity index (χ2n) is 6.70. The van der Waals surface area contributed by atoms with Crippen LogP contribution in [-0.4, -0.2) is 37.7 Å². The first-order chi connectivity index (χ1) is 11.8. The Kier molecular flexibility index (Phi) is 6.63. The summed E-state index contributed by atoms with van der Waals surface area (Å²) in [5.74, 6) is -0.538. The number of esters is 1. The van der Waals surface area contributed by atoms with Gasteiger partial charge in [-0.25, -0.2) is 4.79 Å². The van der Waals surface area contributed by atoms with Crippen molar-refractivity contribution in [2.45, 2.75) is 57.6 Å². The number of methoxy groups -OCH3 is 2. The third kappa shape index (κ3) is 4.42. The molecule has 1 saturated carbocycles.